The summed E-state index contributed by atoms with van der Waals surface area (Å²) in [6, 6.07) is 46.7. The minimum atomic E-state index is 0.612. The molecule has 0 radical (unpaired) electrons. The van der Waals surface area contributed by atoms with Gasteiger partial charge in [0.05, 0.1) is 27.8 Å². The van der Waals surface area contributed by atoms with E-state index in [-0.39, 0.29) is 0 Å². The normalized spacial score (nSPS) is 12.2. The molecule has 0 saturated heterocycles. The summed E-state index contributed by atoms with van der Waals surface area (Å²) in [6.45, 7) is 6.42. The molecule has 5 aromatic heterocycles. The van der Waals surface area contributed by atoms with Crippen LogP contribution in [0.3, 0.4) is 0 Å². The fourth-order valence-electron chi connectivity index (χ4n) is 8.31. The molecule has 0 unspecified atom stereocenters. The van der Waals surface area contributed by atoms with Crippen LogP contribution in [0.2, 0.25) is 0 Å². The van der Waals surface area contributed by atoms with Crippen molar-refractivity contribution in [1.29, 1.82) is 0 Å². The standard InChI is InChI=1S/C45H28N4O/c1-3-27-15-7-8-18-29(27)41-26(2)33-25-34-30-19-9-12-22-35(30)49(43(34)38-31-20-10-13-23-36(31)48(41)42(33)38)45-46-39(28-16-5-4-6-17-28)44-40(47-45)32-21-11-14-24-37(32)50-44/h3-25H,1H2,2H3. The average molecular weight is 641 g/mol. The summed E-state index contributed by atoms with van der Waals surface area (Å²) >= 11 is 0. The molecule has 0 atom stereocenters. The molecule has 11 aromatic rings. The number of aryl methyl sites for hydroxylation is 1. The summed E-state index contributed by atoms with van der Waals surface area (Å²) in [5.74, 6) is 0.612. The van der Waals surface area contributed by atoms with E-state index >= 15 is 0 Å². The van der Waals surface area contributed by atoms with Gasteiger partial charge in [0.1, 0.15) is 16.8 Å². The van der Waals surface area contributed by atoms with Crippen LogP contribution in [-0.2, 0) is 0 Å². The van der Waals surface area contributed by atoms with E-state index in [9.17, 15) is 0 Å². The first kappa shape index (κ1) is 27.3. The van der Waals surface area contributed by atoms with E-state index < -0.39 is 0 Å². The molecule has 0 fully saturated rings. The van der Waals surface area contributed by atoms with Crippen molar-refractivity contribution >= 4 is 77.1 Å². The number of aromatic nitrogens is 4. The van der Waals surface area contributed by atoms with Gasteiger partial charge in [-0.2, -0.15) is 0 Å². The minimum absolute atomic E-state index is 0.612. The van der Waals surface area contributed by atoms with Gasteiger partial charge in [0.2, 0.25) is 5.95 Å². The Morgan fingerprint density at radius 2 is 1.34 bits per heavy atom. The number of hydrogen-bond acceptors (Lipinski definition) is 3. The Bertz CT molecular complexity index is 3180. The van der Waals surface area contributed by atoms with E-state index in [4.69, 9.17) is 14.4 Å². The Kier molecular flexibility index (Phi) is 5.40. The molecule has 0 saturated carbocycles. The van der Waals surface area contributed by atoms with Crippen molar-refractivity contribution in [1.82, 2.24) is 18.9 Å². The predicted molar refractivity (Wildman–Crippen MR) is 207 cm³/mol. The summed E-state index contributed by atoms with van der Waals surface area (Å²) in [5.41, 5.74) is 13.3. The smallest absolute Gasteiger partial charge is 0.236 e. The van der Waals surface area contributed by atoms with E-state index in [2.05, 4.69) is 120 Å². The highest BCUT2D eigenvalue weighted by Crippen LogP contribution is 2.48. The van der Waals surface area contributed by atoms with E-state index in [1.54, 1.807) is 0 Å². The molecular weight excluding hydrogens is 613 g/mol. The Morgan fingerprint density at radius 3 is 2.18 bits per heavy atom. The lowest BCUT2D eigenvalue weighted by atomic mass is 9.99. The molecule has 0 aliphatic rings. The molecule has 5 nitrogen and oxygen atoms in total. The number of benzene rings is 6. The number of furan rings is 1. The van der Waals surface area contributed by atoms with Crippen molar-refractivity contribution in [2.45, 2.75) is 6.92 Å². The first-order chi connectivity index (χ1) is 24.7. The van der Waals surface area contributed by atoms with Crippen LogP contribution in [0.1, 0.15) is 11.1 Å². The van der Waals surface area contributed by atoms with E-state index in [0.29, 0.717) is 11.5 Å². The second-order valence-corrected chi connectivity index (χ2v) is 13.0. The number of fused-ring (bicyclic) bond motifs is 10. The summed E-state index contributed by atoms with van der Waals surface area (Å²) in [4.78, 5) is 10.7. The molecule has 0 aliphatic carbocycles. The maximum absolute atomic E-state index is 6.47. The van der Waals surface area contributed by atoms with Crippen molar-refractivity contribution < 1.29 is 4.42 Å². The first-order valence-corrected chi connectivity index (χ1v) is 16.9. The Morgan fingerprint density at radius 1 is 0.640 bits per heavy atom. The fraction of sp³-hybridized carbons (Fsp3) is 0.0222. The van der Waals surface area contributed by atoms with Gasteiger partial charge in [0.15, 0.2) is 5.58 Å². The maximum Gasteiger partial charge on any atom is 0.236 e. The number of hydrogen-bond donors (Lipinski definition) is 0. The zero-order valence-electron chi connectivity index (χ0n) is 27.2. The first-order valence-electron chi connectivity index (χ1n) is 16.9. The molecule has 6 aromatic carbocycles. The van der Waals surface area contributed by atoms with Crippen molar-refractivity contribution in [3.8, 4) is 28.5 Å². The predicted octanol–water partition coefficient (Wildman–Crippen LogP) is 11.8. The van der Waals surface area contributed by atoms with Gasteiger partial charge in [-0.1, -0.05) is 116 Å². The van der Waals surface area contributed by atoms with Crippen molar-refractivity contribution in [3.05, 3.63) is 151 Å². The van der Waals surface area contributed by atoms with E-state index in [0.717, 1.165) is 49.7 Å². The molecule has 0 N–H and O–H groups in total. The van der Waals surface area contributed by atoms with Crippen molar-refractivity contribution in [3.63, 3.8) is 0 Å². The summed E-state index contributed by atoms with van der Waals surface area (Å²) in [5, 5.41) is 6.92. The zero-order chi connectivity index (χ0) is 33.1. The Balaban J connectivity index is 1.36. The third kappa shape index (κ3) is 3.45. The highest BCUT2D eigenvalue weighted by molar-refractivity contribution is 6.31. The monoisotopic (exact) mass is 640 g/mol. The van der Waals surface area contributed by atoms with Crippen molar-refractivity contribution in [2.75, 3.05) is 0 Å². The second-order valence-electron chi connectivity index (χ2n) is 13.0. The van der Waals surface area contributed by atoms with Crippen LogP contribution >= 0.6 is 0 Å². The molecule has 11 rings (SSSR count). The third-order valence-electron chi connectivity index (χ3n) is 10.4. The topological polar surface area (TPSA) is 48.3 Å². The highest BCUT2D eigenvalue weighted by atomic mass is 16.3. The van der Waals surface area contributed by atoms with Crippen LogP contribution in [0.5, 0.6) is 0 Å². The third-order valence-corrected chi connectivity index (χ3v) is 10.4. The number of rotatable bonds is 4. The molecule has 0 spiro atoms. The van der Waals surface area contributed by atoms with Crippen LogP contribution in [0.15, 0.2) is 144 Å². The molecule has 50 heavy (non-hydrogen) atoms. The molecule has 5 heterocycles. The lowest BCUT2D eigenvalue weighted by Crippen LogP contribution is -2.03. The van der Waals surface area contributed by atoms with Crippen LogP contribution in [-0.4, -0.2) is 18.9 Å². The van der Waals surface area contributed by atoms with E-state index in [1.807, 2.05) is 42.5 Å². The summed E-state index contributed by atoms with van der Waals surface area (Å²) in [6.07, 6.45) is 1.96. The largest absolute Gasteiger partial charge is 0.452 e. The van der Waals surface area contributed by atoms with Gasteiger partial charge in [0, 0.05) is 43.4 Å². The zero-order valence-corrected chi connectivity index (χ0v) is 27.2. The highest BCUT2D eigenvalue weighted by Gasteiger charge is 2.28. The Hall–Kier alpha value is -6.72. The molecule has 0 amide bonds. The maximum atomic E-state index is 6.47. The molecular formula is C45H28N4O. The van der Waals surface area contributed by atoms with Gasteiger partial charge < -0.3 is 8.82 Å². The quantitative estimate of drug-likeness (QED) is 0.192. The summed E-state index contributed by atoms with van der Waals surface area (Å²) in [7, 11) is 0. The molecule has 5 heteroatoms. The van der Waals surface area contributed by atoms with Gasteiger partial charge >= 0.3 is 0 Å². The van der Waals surface area contributed by atoms with Crippen LogP contribution in [0.25, 0.3) is 106 Å². The minimum Gasteiger partial charge on any atom is -0.452 e. The lowest BCUT2D eigenvalue weighted by molar-refractivity contribution is 0.666. The molecule has 234 valence electrons. The SMILES string of the molecule is C=Cc1ccccc1-c1c(C)c2cc3c4ccccc4n(-c4nc(-c5ccccc5)c5oc6ccccc6c5n4)c3c3c4ccccc4n1c23. The summed E-state index contributed by atoms with van der Waals surface area (Å²) < 4.78 is 11.2. The van der Waals surface area contributed by atoms with Crippen LogP contribution in [0, 0.1) is 6.92 Å². The fourth-order valence-corrected chi connectivity index (χ4v) is 8.31. The number of para-hydroxylation sites is 3. The number of nitrogens with zero attached hydrogens (tertiary/aromatic N) is 4. The lowest BCUT2D eigenvalue weighted by Gasteiger charge is -2.10. The second kappa shape index (κ2) is 9.91. The molecule has 0 aliphatic heterocycles. The van der Waals surface area contributed by atoms with Gasteiger partial charge in [0.25, 0.3) is 0 Å². The van der Waals surface area contributed by atoms with Gasteiger partial charge in [-0.05, 0) is 48.4 Å². The van der Waals surface area contributed by atoms with E-state index in [1.165, 1.54) is 49.4 Å². The van der Waals surface area contributed by atoms with Gasteiger partial charge in [-0.25, -0.2) is 9.97 Å². The van der Waals surface area contributed by atoms with Crippen molar-refractivity contribution in [2.24, 2.45) is 0 Å². The van der Waals surface area contributed by atoms with Gasteiger partial charge in [-0.3, -0.25) is 4.57 Å². The van der Waals surface area contributed by atoms with Crippen LogP contribution in [0.4, 0.5) is 0 Å². The molecule has 0 bridgehead atoms. The Labute approximate surface area is 286 Å². The van der Waals surface area contributed by atoms with Crippen LogP contribution < -0.4 is 0 Å². The average Bonchev–Trinajstić information content (AvgIpc) is 3.90. The van der Waals surface area contributed by atoms with Gasteiger partial charge in [-0.15, -0.1) is 0 Å².